The first-order valence-corrected chi connectivity index (χ1v) is 19.2. The third-order valence-electron chi connectivity index (χ3n) is 8.48. The van der Waals surface area contributed by atoms with Crippen LogP contribution in [0.4, 0.5) is 0 Å². The summed E-state index contributed by atoms with van der Waals surface area (Å²) in [6, 6.07) is -10.8. The molecule has 16 N–H and O–H groups in total. The Labute approximate surface area is 328 Å². The average molecular weight is 820 g/mol. The van der Waals surface area contributed by atoms with E-state index in [4.69, 9.17) is 17.2 Å². The van der Waals surface area contributed by atoms with Gasteiger partial charge in [0.25, 0.3) is 0 Å². The number of carbonyl (C=O) groups is 8. The van der Waals surface area contributed by atoms with Gasteiger partial charge in [-0.3, -0.25) is 38.6 Å². The standard InChI is InChI=1S/C32H57N11O12S/c1-15(33)24(47)42-23(17(3)46)29(52)38-18(7-5-10-36-32(34)35)30(53)43-11-6-8-22(43)28(51)37-16(2)25(48)40-20(13-44)27(50)41-21(14-45)26(49)39-19(31(54)55)9-12-56-4/h15-23,44-46H,5-14,33H2,1-4H3,(H,37,51)(H,38,52)(H,39,49)(H,40,48)(H,41,50)(H,42,47)(H,54,55)(H4,34,35,36)/t15-,16-,17+,18-,19-,20-,21-,22-,23-/m0/s1. The second-order valence-electron chi connectivity index (χ2n) is 13.1. The number of likely N-dealkylation sites (tertiary alicyclic amines) is 1. The molecule has 1 heterocycles. The minimum atomic E-state index is -1.66. The van der Waals surface area contributed by atoms with Crippen LogP contribution in [0.15, 0.2) is 4.99 Å². The van der Waals surface area contributed by atoms with Gasteiger partial charge in [-0.1, -0.05) is 0 Å². The Morgan fingerprint density at radius 1 is 0.786 bits per heavy atom. The van der Waals surface area contributed by atoms with Gasteiger partial charge in [0.1, 0.15) is 42.3 Å². The van der Waals surface area contributed by atoms with E-state index in [0.29, 0.717) is 12.2 Å². The fourth-order valence-electron chi connectivity index (χ4n) is 5.31. The molecule has 56 heavy (non-hydrogen) atoms. The highest BCUT2D eigenvalue weighted by molar-refractivity contribution is 7.98. The molecular weight excluding hydrogens is 762 g/mol. The van der Waals surface area contributed by atoms with E-state index in [9.17, 15) is 58.8 Å². The van der Waals surface area contributed by atoms with Gasteiger partial charge in [0.15, 0.2) is 5.96 Å². The van der Waals surface area contributed by atoms with Crippen LogP contribution in [0.25, 0.3) is 0 Å². The smallest absolute Gasteiger partial charge is 0.326 e. The largest absolute Gasteiger partial charge is 0.480 e. The first kappa shape index (κ1) is 49.2. The average Bonchev–Trinajstić information content (AvgIpc) is 3.63. The summed E-state index contributed by atoms with van der Waals surface area (Å²) >= 11 is 1.35. The zero-order valence-electron chi connectivity index (χ0n) is 31.9. The van der Waals surface area contributed by atoms with Gasteiger partial charge in [-0.2, -0.15) is 11.8 Å². The van der Waals surface area contributed by atoms with E-state index in [1.807, 2.05) is 0 Å². The number of carbonyl (C=O) groups excluding carboxylic acids is 7. The normalized spacial score (nSPS) is 18.0. The Morgan fingerprint density at radius 2 is 1.34 bits per heavy atom. The van der Waals surface area contributed by atoms with Crippen LogP contribution in [-0.4, -0.2) is 171 Å². The van der Waals surface area contributed by atoms with E-state index in [2.05, 4.69) is 36.9 Å². The molecule has 0 radical (unpaired) electrons. The van der Waals surface area contributed by atoms with E-state index in [-0.39, 0.29) is 44.7 Å². The third kappa shape index (κ3) is 16.1. The van der Waals surface area contributed by atoms with Crippen molar-refractivity contribution in [3.05, 3.63) is 0 Å². The monoisotopic (exact) mass is 819 g/mol. The third-order valence-corrected chi connectivity index (χ3v) is 9.13. The summed E-state index contributed by atoms with van der Waals surface area (Å²) in [6.07, 6.45) is 1.16. The van der Waals surface area contributed by atoms with Crippen molar-refractivity contribution in [2.45, 2.75) is 107 Å². The number of aliphatic imine (C=N–C) groups is 1. The highest BCUT2D eigenvalue weighted by atomic mass is 32.2. The Morgan fingerprint density at radius 3 is 1.84 bits per heavy atom. The van der Waals surface area contributed by atoms with Gasteiger partial charge in [0, 0.05) is 13.1 Å². The summed E-state index contributed by atoms with van der Waals surface area (Å²) in [5, 5.41) is 53.0. The van der Waals surface area contributed by atoms with Crippen LogP contribution in [0.1, 0.15) is 52.9 Å². The fraction of sp³-hybridized carbons (Fsp3) is 0.719. The molecule has 318 valence electrons. The molecule has 0 bridgehead atoms. The minimum Gasteiger partial charge on any atom is -0.480 e. The van der Waals surface area contributed by atoms with E-state index < -0.39 is 115 Å². The molecular formula is C32H57N11O12S. The maximum Gasteiger partial charge on any atom is 0.326 e. The van der Waals surface area contributed by atoms with Crippen molar-refractivity contribution in [3.8, 4) is 0 Å². The number of nitrogens with two attached hydrogens (primary N) is 3. The lowest BCUT2D eigenvalue weighted by atomic mass is 10.1. The Bertz CT molecular complexity index is 1420. The first-order chi connectivity index (χ1) is 26.3. The van der Waals surface area contributed by atoms with Gasteiger partial charge in [0.2, 0.25) is 41.4 Å². The summed E-state index contributed by atoms with van der Waals surface area (Å²) in [5.41, 5.74) is 16.3. The second kappa shape index (κ2) is 24.7. The molecule has 0 aliphatic carbocycles. The van der Waals surface area contributed by atoms with Crippen LogP contribution in [0.2, 0.25) is 0 Å². The van der Waals surface area contributed by atoms with Crippen LogP contribution in [-0.2, 0) is 38.4 Å². The lowest BCUT2D eigenvalue weighted by Crippen LogP contribution is -2.61. The van der Waals surface area contributed by atoms with Crippen molar-refractivity contribution >= 4 is 65.0 Å². The molecule has 9 atom stereocenters. The van der Waals surface area contributed by atoms with Crippen molar-refractivity contribution in [1.29, 1.82) is 0 Å². The molecule has 0 aromatic heterocycles. The molecule has 0 aromatic rings. The molecule has 0 spiro atoms. The Kier molecular flexibility index (Phi) is 21.7. The zero-order chi connectivity index (χ0) is 42.7. The van der Waals surface area contributed by atoms with Crippen molar-refractivity contribution in [3.63, 3.8) is 0 Å². The number of hydrogen-bond acceptors (Lipinski definition) is 14. The molecule has 1 saturated heterocycles. The lowest BCUT2D eigenvalue weighted by molar-refractivity contribution is -0.143. The molecule has 0 aromatic carbocycles. The number of guanidine groups is 1. The van der Waals surface area contributed by atoms with Crippen LogP contribution in [0, 0.1) is 0 Å². The zero-order valence-corrected chi connectivity index (χ0v) is 32.7. The summed E-state index contributed by atoms with van der Waals surface area (Å²) in [4.78, 5) is 108. The maximum atomic E-state index is 13.9. The van der Waals surface area contributed by atoms with Gasteiger partial charge in [-0.25, -0.2) is 4.79 Å². The van der Waals surface area contributed by atoms with Gasteiger partial charge in [0.05, 0.1) is 25.4 Å². The Hall–Kier alpha value is -4.78. The minimum absolute atomic E-state index is 0.0136. The molecule has 1 aliphatic rings. The van der Waals surface area contributed by atoms with E-state index in [1.165, 1.54) is 37.4 Å². The molecule has 0 saturated carbocycles. The number of aliphatic carboxylic acids is 1. The van der Waals surface area contributed by atoms with Gasteiger partial charge < -0.3 is 74.4 Å². The van der Waals surface area contributed by atoms with Crippen LogP contribution in [0.3, 0.4) is 0 Å². The van der Waals surface area contributed by atoms with E-state index in [1.54, 1.807) is 6.26 Å². The molecule has 1 fully saturated rings. The first-order valence-electron chi connectivity index (χ1n) is 17.8. The summed E-state index contributed by atoms with van der Waals surface area (Å²) in [7, 11) is 0. The maximum absolute atomic E-state index is 13.9. The van der Waals surface area contributed by atoms with Crippen LogP contribution in [0.5, 0.6) is 0 Å². The number of aliphatic hydroxyl groups is 3. The van der Waals surface area contributed by atoms with E-state index >= 15 is 0 Å². The predicted octanol–water partition coefficient (Wildman–Crippen LogP) is -6.49. The van der Waals surface area contributed by atoms with Crippen molar-refractivity contribution in [1.82, 2.24) is 36.8 Å². The quantitative estimate of drug-likeness (QED) is 0.0245. The van der Waals surface area contributed by atoms with Crippen LogP contribution >= 0.6 is 11.8 Å². The molecule has 7 amide bonds. The van der Waals surface area contributed by atoms with Gasteiger partial charge in [-0.15, -0.1) is 0 Å². The number of nitrogens with one attached hydrogen (secondary N) is 6. The molecule has 1 rings (SSSR count). The van der Waals surface area contributed by atoms with Crippen LogP contribution < -0.4 is 49.1 Å². The van der Waals surface area contributed by atoms with Crippen molar-refractivity contribution in [2.24, 2.45) is 22.2 Å². The summed E-state index contributed by atoms with van der Waals surface area (Å²) in [5.74, 6) is -7.25. The number of carboxylic acid groups (broad SMARTS) is 1. The number of amides is 7. The lowest BCUT2D eigenvalue weighted by Gasteiger charge is -2.31. The SMILES string of the molecule is CSCC[C@H](NC(=O)[C@H](CO)NC(=O)[C@H](CO)NC(=O)[C@H](C)NC(=O)[C@@H]1CCCN1C(=O)[C@H](CCCN=C(N)N)NC(=O)[C@@H](NC(=O)[C@H](C)N)[C@@H](C)O)C(=O)O. The highest BCUT2D eigenvalue weighted by Crippen LogP contribution is 2.20. The van der Waals surface area contributed by atoms with Crippen molar-refractivity contribution < 1.29 is 58.8 Å². The second-order valence-corrected chi connectivity index (χ2v) is 14.1. The van der Waals surface area contributed by atoms with E-state index in [0.717, 1.165) is 0 Å². The molecule has 23 nitrogen and oxygen atoms in total. The van der Waals surface area contributed by atoms with Gasteiger partial charge >= 0.3 is 5.97 Å². The predicted molar refractivity (Wildman–Crippen MR) is 202 cm³/mol. The van der Waals surface area contributed by atoms with Crippen molar-refractivity contribution in [2.75, 3.05) is 38.3 Å². The topological polar surface area (TPSA) is 383 Å². The fourth-order valence-corrected chi connectivity index (χ4v) is 5.78. The highest BCUT2D eigenvalue weighted by Gasteiger charge is 2.40. The molecule has 1 aliphatic heterocycles. The number of hydrogen-bond donors (Lipinski definition) is 13. The van der Waals surface area contributed by atoms with Gasteiger partial charge in [-0.05, 0) is 64.9 Å². The summed E-state index contributed by atoms with van der Waals surface area (Å²) < 4.78 is 0. The Balaban J connectivity index is 3.04. The number of nitrogens with zero attached hydrogens (tertiary/aromatic N) is 2. The number of rotatable bonds is 24. The number of thioether (sulfide) groups is 1. The number of aliphatic hydroxyl groups excluding tert-OH is 3. The number of carboxylic acids is 1. The molecule has 0 unspecified atom stereocenters. The summed E-state index contributed by atoms with van der Waals surface area (Å²) in [6.45, 7) is 2.18. The molecule has 24 heteroatoms.